The van der Waals surface area contributed by atoms with Crippen LogP contribution in [0, 0.1) is 6.92 Å². The largest absolute Gasteiger partial charge is 0.493 e. The summed E-state index contributed by atoms with van der Waals surface area (Å²) in [6.07, 6.45) is 4.28. The van der Waals surface area contributed by atoms with Crippen molar-refractivity contribution in [3.05, 3.63) is 91.8 Å². The zero-order valence-corrected chi connectivity index (χ0v) is 22.9. The predicted octanol–water partition coefficient (Wildman–Crippen LogP) is 3.69. The van der Waals surface area contributed by atoms with E-state index in [0.717, 1.165) is 58.4 Å². The summed E-state index contributed by atoms with van der Waals surface area (Å²) in [5, 5.41) is 9.76. The first-order valence-electron chi connectivity index (χ1n) is 13.5. The van der Waals surface area contributed by atoms with Crippen molar-refractivity contribution in [2.45, 2.75) is 58.7 Å². The van der Waals surface area contributed by atoms with Crippen LogP contribution in [0.15, 0.2) is 58.3 Å². The van der Waals surface area contributed by atoms with Crippen LogP contribution in [0.4, 0.5) is 0 Å². The van der Waals surface area contributed by atoms with Crippen LogP contribution in [0.3, 0.4) is 0 Å². The van der Waals surface area contributed by atoms with Gasteiger partial charge in [0, 0.05) is 38.3 Å². The molecule has 0 amide bonds. The molecule has 1 atom stereocenters. The van der Waals surface area contributed by atoms with Gasteiger partial charge in [-0.3, -0.25) is 19.1 Å². The van der Waals surface area contributed by atoms with E-state index in [4.69, 9.17) is 9.47 Å². The maximum absolute atomic E-state index is 12.2. The summed E-state index contributed by atoms with van der Waals surface area (Å²) >= 11 is 0. The minimum absolute atomic E-state index is 0.0157. The molecule has 208 valence electrons. The van der Waals surface area contributed by atoms with Gasteiger partial charge in [0.15, 0.2) is 0 Å². The number of fused-ring (bicyclic) bond motifs is 1. The molecule has 0 saturated heterocycles. The number of aryl methyl sites for hydroxylation is 2. The van der Waals surface area contributed by atoms with Crippen molar-refractivity contribution in [3.63, 3.8) is 0 Å². The molecule has 1 unspecified atom stereocenters. The van der Waals surface area contributed by atoms with E-state index in [9.17, 15) is 19.5 Å². The highest BCUT2D eigenvalue weighted by atomic mass is 16.5. The third-order valence-electron chi connectivity index (χ3n) is 7.14. The van der Waals surface area contributed by atoms with E-state index in [1.54, 1.807) is 7.05 Å². The van der Waals surface area contributed by atoms with Gasteiger partial charge in [-0.2, -0.15) is 0 Å². The van der Waals surface area contributed by atoms with Gasteiger partial charge >= 0.3 is 11.7 Å². The number of carbonyl (C=O) groups is 1. The fraction of sp³-hybridized carbons (Fsp3) is 0.433. The van der Waals surface area contributed by atoms with Crippen molar-refractivity contribution < 1.29 is 19.4 Å². The minimum atomic E-state index is -0.828. The molecular formula is C30H37N3O6. The topological polar surface area (TPSA) is 103 Å². The highest BCUT2D eigenvalue weighted by Gasteiger charge is 2.25. The number of hydrogen-bond acceptors (Lipinski definition) is 6. The van der Waals surface area contributed by atoms with Crippen molar-refractivity contribution in [1.29, 1.82) is 0 Å². The van der Waals surface area contributed by atoms with Gasteiger partial charge < -0.3 is 19.1 Å². The molecule has 1 N–H and O–H groups in total. The molecule has 9 heteroatoms. The van der Waals surface area contributed by atoms with E-state index in [1.165, 1.54) is 16.8 Å². The van der Waals surface area contributed by atoms with Crippen LogP contribution in [0.2, 0.25) is 0 Å². The SMILES string of the molecule is CCCCN(Cc1ccc(OCCn2c(=O)ccn(C)c2=O)c(C)c1)C(CC(=O)O)c1ccc2c(c1)CCO2. The second-order valence-corrected chi connectivity index (χ2v) is 10.1. The van der Waals surface area contributed by atoms with E-state index in [1.807, 2.05) is 31.2 Å². The van der Waals surface area contributed by atoms with E-state index in [0.29, 0.717) is 18.9 Å². The van der Waals surface area contributed by atoms with E-state index < -0.39 is 5.97 Å². The highest BCUT2D eigenvalue weighted by molar-refractivity contribution is 5.68. The molecule has 0 radical (unpaired) electrons. The fourth-order valence-electron chi connectivity index (χ4n) is 5.02. The number of carboxylic acid groups (broad SMARTS) is 1. The molecule has 2 aromatic carbocycles. The van der Waals surface area contributed by atoms with Crippen LogP contribution in [0.5, 0.6) is 11.5 Å². The van der Waals surface area contributed by atoms with Crippen molar-refractivity contribution in [2.24, 2.45) is 7.05 Å². The molecule has 3 aromatic rings. The number of carboxylic acids is 1. The minimum Gasteiger partial charge on any atom is -0.493 e. The Balaban J connectivity index is 1.50. The quantitative estimate of drug-likeness (QED) is 0.356. The molecule has 1 aliphatic heterocycles. The van der Waals surface area contributed by atoms with Crippen molar-refractivity contribution in [3.8, 4) is 11.5 Å². The normalized spacial score (nSPS) is 13.2. The molecule has 0 spiro atoms. The fourth-order valence-corrected chi connectivity index (χ4v) is 5.02. The lowest BCUT2D eigenvalue weighted by atomic mass is 9.97. The third kappa shape index (κ3) is 6.97. The summed E-state index contributed by atoms with van der Waals surface area (Å²) in [6, 6.07) is 13.1. The summed E-state index contributed by atoms with van der Waals surface area (Å²) in [4.78, 5) is 38.4. The second-order valence-electron chi connectivity index (χ2n) is 10.1. The zero-order valence-electron chi connectivity index (χ0n) is 22.9. The Bertz CT molecular complexity index is 1430. The number of nitrogens with zero attached hydrogens (tertiary/aromatic N) is 3. The lowest BCUT2D eigenvalue weighted by Gasteiger charge is -2.32. The van der Waals surface area contributed by atoms with Gasteiger partial charge in [-0.1, -0.05) is 37.6 Å². The van der Waals surface area contributed by atoms with Crippen LogP contribution in [-0.2, 0) is 31.4 Å². The molecule has 0 bridgehead atoms. The summed E-state index contributed by atoms with van der Waals surface area (Å²) < 4.78 is 14.1. The molecule has 0 fully saturated rings. The van der Waals surface area contributed by atoms with Crippen LogP contribution in [-0.4, -0.2) is 44.9 Å². The summed E-state index contributed by atoms with van der Waals surface area (Å²) in [7, 11) is 1.60. The average Bonchev–Trinajstić information content (AvgIpc) is 3.38. The Morgan fingerprint density at radius 3 is 2.74 bits per heavy atom. The second kappa shape index (κ2) is 12.8. The molecule has 1 aliphatic rings. The maximum Gasteiger partial charge on any atom is 0.330 e. The number of rotatable bonds is 13. The standard InChI is InChI=1S/C30H37N3O6/c1-4-5-12-32(25(19-29(35)36)23-7-9-27-24(18-23)11-15-38-27)20-22-6-8-26(21(2)17-22)39-16-14-33-28(34)10-13-31(3)30(33)37/h6-10,13,17-18,25H,4-5,11-12,14-16,19-20H2,1-3H3,(H,35,36). The van der Waals surface area contributed by atoms with Crippen molar-refractivity contribution in [1.82, 2.24) is 14.0 Å². The van der Waals surface area contributed by atoms with Crippen LogP contribution < -0.4 is 20.7 Å². The number of benzene rings is 2. The Morgan fingerprint density at radius 2 is 2.00 bits per heavy atom. The van der Waals surface area contributed by atoms with Gasteiger partial charge in [-0.05, 0) is 54.3 Å². The Morgan fingerprint density at radius 1 is 1.18 bits per heavy atom. The molecular weight excluding hydrogens is 498 g/mol. The average molecular weight is 536 g/mol. The molecule has 2 heterocycles. The molecule has 1 aromatic heterocycles. The zero-order chi connectivity index (χ0) is 27.9. The van der Waals surface area contributed by atoms with Gasteiger partial charge in [0.2, 0.25) is 0 Å². The monoisotopic (exact) mass is 535 g/mol. The van der Waals surface area contributed by atoms with Gasteiger partial charge in [0.1, 0.15) is 18.1 Å². The number of aromatic nitrogens is 2. The number of aliphatic carboxylic acids is 1. The highest BCUT2D eigenvalue weighted by Crippen LogP contribution is 2.33. The maximum atomic E-state index is 12.2. The van der Waals surface area contributed by atoms with Gasteiger partial charge in [0.05, 0.1) is 19.6 Å². The molecule has 9 nitrogen and oxygen atoms in total. The Hall–Kier alpha value is -3.85. The molecule has 0 aliphatic carbocycles. The van der Waals surface area contributed by atoms with Crippen molar-refractivity contribution >= 4 is 5.97 Å². The summed E-state index contributed by atoms with van der Waals surface area (Å²) in [5.74, 6) is 0.738. The van der Waals surface area contributed by atoms with Crippen LogP contribution in [0.1, 0.15) is 54.5 Å². The van der Waals surface area contributed by atoms with E-state index in [2.05, 4.69) is 24.0 Å². The van der Waals surface area contributed by atoms with Gasteiger partial charge in [-0.15, -0.1) is 0 Å². The lowest BCUT2D eigenvalue weighted by Crippen LogP contribution is -2.39. The van der Waals surface area contributed by atoms with Crippen molar-refractivity contribution in [2.75, 3.05) is 19.8 Å². The number of ether oxygens (including phenoxy) is 2. The summed E-state index contributed by atoms with van der Waals surface area (Å²) in [5.41, 5.74) is 3.39. The molecule has 4 rings (SSSR count). The summed E-state index contributed by atoms with van der Waals surface area (Å²) in [6.45, 7) is 6.47. The first-order valence-corrected chi connectivity index (χ1v) is 13.5. The van der Waals surface area contributed by atoms with Crippen LogP contribution in [0.25, 0.3) is 0 Å². The molecule has 0 saturated carbocycles. The Kier molecular flexibility index (Phi) is 9.24. The first-order chi connectivity index (χ1) is 18.8. The Labute approximate surface area is 228 Å². The smallest absolute Gasteiger partial charge is 0.330 e. The van der Waals surface area contributed by atoms with Crippen LogP contribution >= 0.6 is 0 Å². The van der Waals surface area contributed by atoms with Gasteiger partial charge in [-0.25, -0.2) is 4.79 Å². The number of unbranched alkanes of at least 4 members (excludes halogenated alkanes) is 1. The predicted molar refractivity (Wildman–Crippen MR) is 149 cm³/mol. The number of hydrogen-bond donors (Lipinski definition) is 1. The third-order valence-corrected chi connectivity index (χ3v) is 7.14. The van der Waals surface area contributed by atoms with Gasteiger partial charge in [0.25, 0.3) is 5.56 Å². The lowest BCUT2D eigenvalue weighted by molar-refractivity contribution is -0.138. The molecule has 39 heavy (non-hydrogen) atoms. The van der Waals surface area contributed by atoms with E-state index >= 15 is 0 Å². The first kappa shape index (κ1) is 28.2. The van der Waals surface area contributed by atoms with E-state index in [-0.39, 0.29) is 36.9 Å².